The normalized spacial score (nSPS) is 10.5. The van der Waals surface area contributed by atoms with Crippen molar-refractivity contribution in [2.75, 3.05) is 11.4 Å². The second-order valence-electron chi connectivity index (χ2n) is 3.67. The van der Waals surface area contributed by atoms with Crippen molar-refractivity contribution in [2.45, 2.75) is 13.8 Å². The molecule has 2 aromatic rings. The number of carbonyl (C=O) groups is 1. The van der Waals surface area contributed by atoms with Crippen molar-refractivity contribution in [3.8, 4) is 0 Å². The Morgan fingerprint density at radius 3 is 2.76 bits per heavy atom. The molecule has 0 unspecified atom stereocenters. The average Bonchev–Trinajstić information content (AvgIpc) is 2.29. The van der Waals surface area contributed by atoms with Gasteiger partial charge in [-0.2, -0.15) is 0 Å². The molecule has 0 radical (unpaired) electrons. The third kappa shape index (κ3) is 2.04. The lowest BCUT2D eigenvalue weighted by atomic mass is 10.2. The van der Waals surface area contributed by atoms with Gasteiger partial charge in [0.15, 0.2) is 0 Å². The Morgan fingerprint density at radius 2 is 2.12 bits per heavy atom. The molecule has 0 aliphatic carbocycles. The van der Waals surface area contributed by atoms with E-state index in [4.69, 9.17) is 0 Å². The van der Waals surface area contributed by atoms with E-state index in [1.807, 2.05) is 13.0 Å². The van der Waals surface area contributed by atoms with E-state index >= 15 is 0 Å². The monoisotopic (exact) mass is 231 g/mol. The van der Waals surface area contributed by atoms with Crippen molar-refractivity contribution in [1.82, 2.24) is 9.97 Å². The summed E-state index contributed by atoms with van der Waals surface area (Å²) >= 11 is 0. The van der Waals surface area contributed by atoms with Crippen LogP contribution in [0.4, 0.5) is 5.95 Å². The van der Waals surface area contributed by atoms with Crippen molar-refractivity contribution < 1.29 is 4.79 Å². The van der Waals surface area contributed by atoms with Gasteiger partial charge < -0.3 is 0 Å². The molecule has 88 valence electrons. The number of nitrogens with one attached hydrogen (secondary N) is 1. The third-order valence-corrected chi connectivity index (χ3v) is 2.55. The van der Waals surface area contributed by atoms with Crippen LogP contribution in [0.2, 0.25) is 0 Å². The van der Waals surface area contributed by atoms with E-state index in [9.17, 15) is 9.59 Å². The van der Waals surface area contributed by atoms with Gasteiger partial charge in [0.05, 0.1) is 10.9 Å². The van der Waals surface area contributed by atoms with E-state index in [-0.39, 0.29) is 11.5 Å². The molecule has 1 aromatic heterocycles. The van der Waals surface area contributed by atoms with Crippen molar-refractivity contribution in [2.24, 2.45) is 0 Å². The lowest BCUT2D eigenvalue weighted by Crippen LogP contribution is -2.31. The van der Waals surface area contributed by atoms with Crippen LogP contribution in [0.5, 0.6) is 0 Å². The lowest BCUT2D eigenvalue weighted by molar-refractivity contribution is -0.116. The molecule has 0 aliphatic rings. The van der Waals surface area contributed by atoms with Crippen molar-refractivity contribution in [3.05, 3.63) is 34.6 Å². The summed E-state index contributed by atoms with van der Waals surface area (Å²) in [6, 6.07) is 7.04. The lowest BCUT2D eigenvalue weighted by Gasteiger charge is -2.17. The van der Waals surface area contributed by atoms with Crippen LogP contribution in [0.15, 0.2) is 29.1 Å². The molecule has 0 saturated carbocycles. The quantitative estimate of drug-likeness (QED) is 0.847. The fourth-order valence-corrected chi connectivity index (χ4v) is 1.72. The topological polar surface area (TPSA) is 66.1 Å². The first-order valence-electron chi connectivity index (χ1n) is 5.40. The molecule has 5 nitrogen and oxygen atoms in total. The first kappa shape index (κ1) is 11.3. The first-order valence-corrected chi connectivity index (χ1v) is 5.40. The van der Waals surface area contributed by atoms with Crippen LogP contribution in [0.25, 0.3) is 10.9 Å². The highest BCUT2D eigenvalue weighted by Gasteiger charge is 2.12. The number of rotatable bonds is 2. The summed E-state index contributed by atoms with van der Waals surface area (Å²) in [6.45, 7) is 3.74. The smallest absolute Gasteiger partial charge is 0.260 e. The first-order chi connectivity index (χ1) is 8.13. The molecule has 0 spiro atoms. The average molecular weight is 231 g/mol. The number of benzene rings is 1. The van der Waals surface area contributed by atoms with Gasteiger partial charge in [0.25, 0.3) is 5.56 Å². The molecule has 1 N–H and O–H groups in total. The SMILES string of the molecule is CCN(C(C)=O)c1nc2ccccc2c(=O)[nH]1. The molecule has 0 atom stereocenters. The van der Waals surface area contributed by atoms with E-state index in [2.05, 4.69) is 9.97 Å². The van der Waals surface area contributed by atoms with Crippen LogP contribution < -0.4 is 10.5 Å². The van der Waals surface area contributed by atoms with Crippen LogP contribution in [-0.2, 0) is 4.79 Å². The minimum atomic E-state index is -0.231. The number of nitrogens with zero attached hydrogens (tertiary/aromatic N) is 2. The van der Waals surface area contributed by atoms with Crippen LogP contribution in [0.1, 0.15) is 13.8 Å². The van der Waals surface area contributed by atoms with Gasteiger partial charge in [-0.15, -0.1) is 0 Å². The van der Waals surface area contributed by atoms with Gasteiger partial charge in [-0.1, -0.05) is 12.1 Å². The molecule has 1 heterocycles. The molecular formula is C12H13N3O2. The maximum Gasteiger partial charge on any atom is 0.260 e. The van der Waals surface area contributed by atoms with Gasteiger partial charge >= 0.3 is 0 Å². The van der Waals surface area contributed by atoms with Gasteiger partial charge in [-0.3, -0.25) is 19.5 Å². The van der Waals surface area contributed by atoms with Crippen molar-refractivity contribution in [3.63, 3.8) is 0 Å². The Balaban J connectivity index is 2.64. The zero-order valence-corrected chi connectivity index (χ0v) is 9.73. The highest BCUT2D eigenvalue weighted by Crippen LogP contribution is 2.11. The minimum Gasteiger partial charge on any atom is -0.292 e. The van der Waals surface area contributed by atoms with Gasteiger partial charge in [-0.25, -0.2) is 4.98 Å². The summed E-state index contributed by atoms with van der Waals surface area (Å²) in [5, 5.41) is 0.524. The Labute approximate surface area is 98.1 Å². The number of para-hydroxylation sites is 1. The molecule has 5 heteroatoms. The maximum atomic E-state index is 11.8. The molecule has 0 fully saturated rings. The molecule has 0 bridgehead atoms. The molecule has 0 saturated heterocycles. The minimum absolute atomic E-state index is 0.147. The van der Waals surface area contributed by atoms with Gasteiger partial charge in [0.2, 0.25) is 11.9 Å². The molecular weight excluding hydrogens is 218 g/mol. The standard InChI is InChI=1S/C12H13N3O2/c1-3-15(8(2)16)12-13-10-7-5-4-6-9(10)11(17)14-12/h4-7H,3H2,1-2H3,(H,13,14,17). The van der Waals surface area contributed by atoms with E-state index in [1.54, 1.807) is 18.2 Å². The van der Waals surface area contributed by atoms with Gasteiger partial charge in [0, 0.05) is 13.5 Å². The zero-order valence-electron chi connectivity index (χ0n) is 9.73. The molecule has 2 rings (SSSR count). The summed E-state index contributed by atoms with van der Waals surface area (Å²) in [4.78, 5) is 31.5. The number of aromatic amines is 1. The van der Waals surface area contributed by atoms with Crippen LogP contribution >= 0.6 is 0 Å². The van der Waals surface area contributed by atoms with E-state index in [0.717, 1.165) is 0 Å². The number of hydrogen-bond acceptors (Lipinski definition) is 3. The predicted molar refractivity (Wildman–Crippen MR) is 66.1 cm³/mol. The number of aromatic nitrogens is 2. The third-order valence-electron chi connectivity index (χ3n) is 2.55. The largest absolute Gasteiger partial charge is 0.292 e. The molecule has 1 aromatic carbocycles. The number of H-pyrrole nitrogens is 1. The number of anilines is 1. The predicted octanol–water partition coefficient (Wildman–Crippen LogP) is 1.30. The summed E-state index contributed by atoms with van der Waals surface area (Å²) < 4.78 is 0. The highest BCUT2D eigenvalue weighted by molar-refractivity contribution is 5.90. The summed E-state index contributed by atoms with van der Waals surface area (Å²) in [7, 11) is 0. The summed E-state index contributed by atoms with van der Waals surface area (Å²) in [5.41, 5.74) is 0.358. The second-order valence-corrected chi connectivity index (χ2v) is 3.67. The molecule has 1 amide bonds. The van der Waals surface area contributed by atoms with Crippen LogP contribution in [-0.4, -0.2) is 22.4 Å². The number of carbonyl (C=O) groups excluding carboxylic acids is 1. The molecule has 17 heavy (non-hydrogen) atoms. The van der Waals surface area contributed by atoms with Gasteiger partial charge in [-0.05, 0) is 19.1 Å². The number of hydrogen-bond donors (Lipinski definition) is 1. The van der Waals surface area contributed by atoms with Crippen LogP contribution in [0.3, 0.4) is 0 Å². The maximum absolute atomic E-state index is 11.8. The van der Waals surface area contributed by atoms with E-state index in [1.165, 1.54) is 11.8 Å². The zero-order chi connectivity index (χ0) is 12.4. The van der Waals surface area contributed by atoms with Gasteiger partial charge in [0.1, 0.15) is 0 Å². The Morgan fingerprint density at radius 1 is 1.41 bits per heavy atom. The van der Waals surface area contributed by atoms with E-state index in [0.29, 0.717) is 23.4 Å². The van der Waals surface area contributed by atoms with Crippen LogP contribution in [0, 0.1) is 0 Å². The Hall–Kier alpha value is -2.17. The molecule has 0 aliphatic heterocycles. The second kappa shape index (κ2) is 4.37. The fraction of sp³-hybridized carbons (Fsp3) is 0.250. The Bertz CT molecular complexity index is 618. The number of fused-ring (bicyclic) bond motifs is 1. The summed E-state index contributed by atoms with van der Waals surface area (Å²) in [6.07, 6.45) is 0. The Kier molecular flexibility index (Phi) is 2.91. The van der Waals surface area contributed by atoms with Crippen molar-refractivity contribution >= 4 is 22.8 Å². The fourth-order valence-electron chi connectivity index (χ4n) is 1.72. The van der Waals surface area contributed by atoms with E-state index < -0.39 is 0 Å². The van der Waals surface area contributed by atoms with Crippen molar-refractivity contribution in [1.29, 1.82) is 0 Å². The number of amides is 1. The highest BCUT2D eigenvalue weighted by atomic mass is 16.2. The summed E-state index contributed by atoms with van der Waals surface area (Å²) in [5.74, 6) is 0.148.